The average molecular weight is 172 g/mol. The summed E-state index contributed by atoms with van der Waals surface area (Å²) >= 11 is 0. The van der Waals surface area contributed by atoms with E-state index in [-0.39, 0.29) is 0 Å². The third-order valence-electron chi connectivity index (χ3n) is 2.66. The Morgan fingerprint density at radius 1 is 1.23 bits per heavy atom. The van der Waals surface area contributed by atoms with Gasteiger partial charge >= 0.3 is 0 Å². The summed E-state index contributed by atoms with van der Waals surface area (Å²) in [6.07, 6.45) is 2.63. The molecule has 1 saturated carbocycles. The maximum absolute atomic E-state index is 4.54. The molecule has 3 rings (SSSR count). The molecule has 1 aliphatic carbocycles. The van der Waals surface area contributed by atoms with Gasteiger partial charge < -0.3 is 5.32 Å². The van der Waals surface area contributed by atoms with E-state index in [1.54, 1.807) is 0 Å². The van der Waals surface area contributed by atoms with E-state index in [1.165, 1.54) is 29.9 Å². The Morgan fingerprint density at radius 3 is 2.92 bits per heavy atom. The number of hydrogen-bond acceptors (Lipinski definition) is 2. The van der Waals surface area contributed by atoms with Crippen molar-refractivity contribution in [1.82, 2.24) is 0 Å². The van der Waals surface area contributed by atoms with Crippen molar-refractivity contribution in [2.45, 2.75) is 19.4 Å². The molecule has 13 heavy (non-hydrogen) atoms. The number of hydrogen-bond donors (Lipinski definition) is 1. The van der Waals surface area contributed by atoms with Crippen LogP contribution in [0, 0.1) is 5.92 Å². The van der Waals surface area contributed by atoms with Crippen molar-refractivity contribution >= 4 is 11.5 Å². The molecule has 1 aliphatic heterocycles. The number of nitrogens with zero attached hydrogens (tertiary/aromatic N) is 1. The molecule has 0 bridgehead atoms. The summed E-state index contributed by atoms with van der Waals surface area (Å²) < 4.78 is 0. The van der Waals surface area contributed by atoms with E-state index in [0.717, 1.165) is 12.5 Å². The Morgan fingerprint density at radius 2 is 2.08 bits per heavy atom. The highest BCUT2D eigenvalue weighted by molar-refractivity contribution is 6.00. The van der Waals surface area contributed by atoms with E-state index >= 15 is 0 Å². The molecule has 2 heteroatoms. The first-order chi connectivity index (χ1) is 6.43. The van der Waals surface area contributed by atoms with Gasteiger partial charge in [0.2, 0.25) is 0 Å². The molecule has 0 spiro atoms. The molecule has 1 aromatic rings. The molecule has 1 fully saturated rings. The van der Waals surface area contributed by atoms with Gasteiger partial charge in [0.1, 0.15) is 5.84 Å². The molecule has 1 aromatic carbocycles. The van der Waals surface area contributed by atoms with Crippen LogP contribution in [0.15, 0.2) is 29.3 Å². The van der Waals surface area contributed by atoms with E-state index in [9.17, 15) is 0 Å². The summed E-state index contributed by atoms with van der Waals surface area (Å²) in [6.45, 7) is 0.856. The molecule has 1 heterocycles. The zero-order valence-electron chi connectivity index (χ0n) is 7.46. The Kier molecular flexibility index (Phi) is 1.42. The van der Waals surface area contributed by atoms with Gasteiger partial charge in [-0.25, -0.2) is 0 Å². The number of para-hydroxylation sites is 1. The summed E-state index contributed by atoms with van der Waals surface area (Å²) in [5.41, 5.74) is 2.56. The van der Waals surface area contributed by atoms with E-state index in [1.807, 2.05) is 0 Å². The number of amidine groups is 1. The van der Waals surface area contributed by atoms with Crippen molar-refractivity contribution in [2.75, 3.05) is 5.32 Å². The number of rotatable bonds is 1. The minimum absolute atomic E-state index is 0.730. The summed E-state index contributed by atoms with van der Waals surface area (Å²) in [5, 5.41) is 3.41. The van der Waals surface area contributed by atoms with Crippen molar-refractivity contribution in [3.05, 3.63) is 29.8 Å². The van der Waals surface area contributed by atoms with Crippen LogP contribution >= 0.6 is 0 Å². The number of benzene rings is 1. The Labute approximate surface area is 77.7 Å². The molecule has 2 aliphatic rings. The smallest absolute Gasteiger partial charge is 0.104 e. The quantitative estimate of drug-likeness (QED) is 0.691. The molecule has 0 saturated heterocycles. The first-order valence-electron chi connectivity index (χ1n) is 4.83. The normalized spacial score (nSPS) is 20.2. The molecule has 0 radical (unpaired) electrons. The van der Waals surface area contributed by atoms with Gasteiger partial charge in [-0.15, -0.1) is 0 Å². The fourth-order valence-corrected chi connectivity index (χ4v) is 1.72. The van der Waals surface area contributed by atoms with E-state index < -0.39 is 0 Å². The van der Waals surface area contributed by atoms with E-state index in [4.69, 9.17) is 0 Å². The molecule has 1 N–H and O–H groups in total. The van der Waals surface area contributed by atoms with Crippen LogP contribution in [-0.4, -0.2) is 5.84 Å². The lowest BCUT2D eigenvalue weighted by atomic mass is 10.1. The van der Waals surface area contributed by atoms with Crippen molar-refractivity contribution in [1.29, 1.82) is 0 Å². The van der Waals surface area contributed by atoms with Crippen LogP contribution in [0.25, 0.3) is 0 Å². The first kappa shape index (κ1) is 7.13. The second kappa shape index (κ2) is 2.59. The van der Waals surface area contributed by atoms with E-state index in [2.05, 4.69) is 34.6 Å². The lowest BCUT2D eigenvalue weighted by molar-refractivity contribution is 1.00. The molecule has 0 atom stereocenters. The van der Waals surface area contributed by atoms with Crippen molar-refractivity contribution in [3.8, 4) is 0 Å². The number of anilines is 1. The van der Waals surface area contributed by atoms with Crippen LogP contribution in [0.1, 0.15) is 18.4 Å². The van der Waals surface area contributed by atoms with Crippen LogP contribution in [0.4, 0.5) is 5.69 Å². The summed E-state index contributed by atoms with van der Waals surface area (Å²) in [6, 6.07) is 8.40. The SMILES string of the molecule is c1ccc2c(c1)CN=C(C1CC1)N2. The van der Waals surface area contributed by atoms with Gasteiger partial charge in [0.05, 0.1) is 6.54 Å². The van der Waals surface area contributed by atoms with Crippen LogP contribution in [0.3, 0.4) is 0 Å². The maximum atomic E-state index is 4.54. The highest BCUT2D eigenvalue weighted by Crippen LogP contribution is 2.33. The van der Waals surface area contributed by atoms with Crippen molar-refractivity contribution < 1.29 is 0 Å². The summed E-state index contributed by atoms with van der Waals surface area (Å²) in [4.78, 5) is 4.54. The largest absolute Gasteiger partial charge is 0.344 e. The predicted octanol–water partition coefficient (Wildman–Crippen LogP) is 2.42. The van der Waals surface area contributed by atoms with Gasteiger partial charge in [-0.2, -0.15) is 0 Å². The predicted molar refractivity (Wildman–Crippen MR) is 53.9 cm³/mol. The highest BCUT2D eigenvalue weighted by atomic mass is 15.0. The second-order valence-electron chi connectivity index (χ2n) is 3.76. The Hall–Kier alpha value is -1.31. The topological polar surface area (TPSA) is 24.4 Å². The van der Waals surface area contributed by atoms with Crippen LogP contribution < -0.4 is 5.32 Å². The number of fused-ring (bicyclic) bond motifs is 1. The van der Waals surface area contributed by atoms with Crippen molar-refractivity contribution in [3.63, 3.8) is 0 Å². The molecular formula is C11H12N2. The lowest BCUT2D eigenvalue weighted by Crippen LogP contribution is -2.19. The van der Waals surface area contributed by atoms with Crippen LogP contribution in [0.5, 0.6) is 0 Å². The summed E-state index contributed by atoms with van der Waals surface area (Å²) in [5.74, 6) is 1.94. The van der Waals surface area contributed by atoms with Gasteiger partial charge in [0, 0.05) is 11.6 Å². The third kappa shape index (κ3) is 1.22. The van der Waals surface area contributed by atoms with E-state index in [0.29, 0.717) is 0 Å². The molecule has 66 valence electrons. The highest BCUT2D eigenvalue weighted by Gasteiger charge is 2.29. The first-order valence-corrected chi connectivity index (χ1v) is 4.83. The number of aliphatic imine (C=N–C) groups is 1. The molecule has 0 unspecified atom stereocenters. The van der Waals surface area contributed by atoms with Gasteiger partial charge in [-0.3, -0.25) is 4.99 Å². The molecular weight excluding hydrogens is 160 g/mol. The van der Waals surface area contributed by atoms with Gasteiger partial charge in [-0.1, -0.05) is 18.2 Å². The minimum Gasteiger partial charge on any atom is -0.344 e. The standard InChI is InChI=1S/C11H12N2/c1-2-4-10-9(3-1)7-12-11(13-10)8-5-6-8/h1-4,8H,5-7H2,(H,12,13). The molecule has 2 nitrogen and oxygen atoms in total. The monoisotopic (exact) mass is 172 g/mol. The molecule has 0 amide bonds. The third-order valence-corrected chi connectivity index (χ3v) is 2.66. The Bertz CT molecular complexity index is 364. The van der Waals surface area contributed by atoms with Gasteiger partial charge in [0.25, 0.3) is 0 Å². The average Bonchev–Trinajstić information content (AvgIpc) is 3.00. The van der Waals surface area contributed by atoms with Crippen molar-refractivity contribution in [2.24, 2.45) is 10.9 Å². The lowest BCUT2D eigenvalue weighted by Gasteiger charge is -2.17. The second-order valence-corrected chi connectivity index (χ2v) is 3.76. The molecule has 0 aromatic heterocycles. The Balaban J connectivity index is 1.92. The van der Waals surface area contributed by atoms with Gasteiger partial charge in [-0.05, 0) is 24.5 Å². The maximum Gasteiger partial charge on any atom is 0.104 e. The summed E-state index contributed by atoms with van der Waals surface area (Å²) in [7, 11) is 0. The fourth-order valence-electron chi connectivity index (χ4n) is 1.72. The van der Waals surface area contributed by atoms with Crippen LogP contribution in [-0.2, 0) is 6.54 Å². The zero-order valence-corrected chi connectivity index (χ0v) is 7.46. The van der Waals surface area contributed by atoms with Gasteiger partial charge in [0.15, 0.2) is 0 Å². The zero-order chi connectivity index (χ0) is 8.67. The van der Waals surface area contributed by atoms with Crippen LogP contribution in [0.2, 0.25) is 0 Å². The fraction of sp³-hybridized carbons (Fsp3) is 0.364. The number of nitrogens with one attached hydrogen (secondary N) is 1. The minimum atomic E-state index is 0.730.